The molecule has 3 heterocycles. The van der Waals surface area contributed by atoms with Gasteiger partial charge in [0.05, 0.1) is 12.1 Å². The molecule has 0 spiro atoms. The lowest BCUT2D eigenvalue weighted by Gasteiger charge is -2.36. The van der Waals surface area contributed by atoms with Gasteiger partial charge in [-0.1, -0.05) is 17.7 Å². The highest BCUT2D eigenvalue weighted by molar-refractivity contribution is 5.99. The van der Waals surface area contributed by atoms with E-state index in [-0.39, 0.29) is 30.8 Å². The first-order valence-electron chi connectivity index (χ1n) is 9.26. The Kier molecular flexibility index (Phi) is 4.61. The molecule has 2 aliphatic heterocycles. The zero-order valence-corrected chi connectivity index (χ0v) is 15.0. The molecule has 2 aromatic rings. The van der Waals surface area contributed by atoms with Gasteiger partial charge >= 0.3 is 0 Å². The predicted octanol–water partition coefficient (Wildman–Crippen LogP) is 0.507. The Hall–Kier alpha value is -2.81. The second-order valence-corrected chi connectivity index (χ2v) is 7.12. The number of nitrogen functional groups attached to an aromatic ring is 1. The Morgan fingerprint density at radius 2 is 1.89 bits per heavy atom. The summed E-state index contributed by atoms with van der Waals surface area (Å²) in [4.78, 5) is 41.6. The highest BCUT2D eigenvalue weighted by Gasteiger charge is 2.38. The molecule has 2 aliphatic rings. The summed E-state index contributed by atoms with van der Waals surface area (Å²) in [5.41, 5.74) is 6.16. The van der Waals surface area contributed by atoms with Crippen molar-refractivity contribution in [1.29, 1.82) is 0 Å². The van der Waals surface area contributed by atoms with Crippen LogP contribution in [0.5, 0.6) is 0 Å². The first-order chi connectivity index (χ1) is 13.1. The van der Waals surface area contributed by atoms with Crippen molar-refractivity contribution in [1.82, 2.24) is 24.8 Å². The first-order valence-corrected chi connectivity index (χ1v) is 9.26. The maximum absolute atomic E-state index is 13.0. The van der Waals surface area contributed by atoms with Crippen LogP contribution in [0.2, 0.25) is 0 Å². The van der Waals surface area contributed by atoms with Crippen LogP contribution in [0.25, 0.3) is 10.9 Å². The maximum atomic E-state index is 13.0. The molecule has 2 N–H and O–H groups in total. The van der Waals surface area contributed by atoms with Crippen molar-refractivity contribution in [3.63, 3.8) is 0 Å². The summed E-state index contributed by atoms with van der Waals surface area (Å²) in [5, 5.41) is 8.24. The summed E-state index contributed by atoms with van der Waals surface area (Å²) in [6.45, 7) is 2.01. The Morgan fingerprint density at radius 3 is 2.67 bits per heavy atom. The molecule has 2 saturated heterocycles. The minimum Gasteiger partial charge on any atom is -0.398 e. The normalized spacial score (nSPS) is 21.8. The summed E-state index contributed by atoms with van der Waals surface area (Å²) in [6, 6.07) is 4.13. The van der Waals surface area contributed by atoms with Gasteiger partial charge in [0, 0.05) is 12.1 Å². The molecular formula is C18H22N6O3. The monoisotopic (exact) mass is 370 g/mol. The molecule has 2 fully saturated rings. The number of amides is 2. The van der Waals surface area contributed by atoms with Crippen LogP contribution in [-0.2, 0) is 9.59 Å². The van der Waals surface area contributed by atoms with Crippen molar-refractivity contribution in [3.05, 3.63) is 28.6 Å². The third-order valence-electron chi connectivity index (χ3n) is 5.31. The van der Waals surface area contributed by atoms with E-state index in [9.17, 15) is 14.4 Å². The number of fused-ring (bicyclic) bond motifs is 1. The highest BCUT2D eigenvalue weighted by Crippen LogP contribution is 2.24. The van der Waals surface area contributed by atoms with Gasteiger partial charge in [-0.25, -0.2) is 0 Å². The quantitative estimate of drug-likeness (QED) is 0.618. The average molecular weight is 370 g/mol. The highest BCUT2D eigenvalue weighted by atomic mass is 16.2. The Balaban J connectivity index is 1.65. The number of imide groups is 1. The second-order valence-electron chi connectivity index (χ2n) is 7.12. The molecule has 0 radical (unpaired) electrons. The third kappa shape index (κ3) is 3.18. The third-order valence-corrected chi connectivity index (χ3v) is 5.31. The van der Waals surface area contributed by atoms with Crippen molar-refractivity contribution in [3.8, 4) is 0 Å². The minimum atomic E-state index is -0.837. The lowest BCUT2D eigenvalue weighted by atomic mass is 10.0. The maximum Gasteiger partial charge on any atom is 0.280 e. The lowest BCUT2D eigenvalue weighted by molar-refractivity contribution is -0.154. The predicted molar refractivity (Wildman–Crippen MR) is 98.6 cm³/mol. The molecule has 4 rings (SSSR count). The van der Waals surface area contributed by atoms with E-state index in [1.54, 1.807) is 18.2 Å². The molecule has 1 aromatic carbocycles. The number of aromatic nitrogens is 3. The number of carbonyl (C=O) groups excluding carboxylic acids is 2. The van der Waals surface area contributed by atoms with Gasteiger partial charge in [-0.05, 0) is 44.5 Å². The van der Waals surface area contributed by atoms with Gasteiger partial charge in [-0.3, -0.25) is 24.2 Å². The van der Waals surface area contributed by atoms with Crippen LogP contribution in [0.15, 0.2) is 23.0 Å². The number of hydrogen-bond acceptors (Lipinski definition) is 7. The first kappa shape index (κ1) is 17.6. The van der Waals surface area contributed by atoms with Gasteiger partial charge in [0.1, 0.15) is 11.6 Å². The number of nitrogens with two attached hydrogens (primary N) is 1. The Labute approximate surface area is 155 Å². The van der Waals surface area contributed by atoms with E-state index in [2.05, 4.69) is 15.2 Å². The topological polar surface area (TPSA) is 114 Å². The van der Waals surface area contributed by atoms with E-state index in [4.69, 9.17) is 5.73 Å². The standard InChI is InChI=1S/C18H22N6O3/c19-12-5-4-6-13-16(12)18(27)24(21-20-13)14-7-8-15(25)23(17(14)26)11-22-9-2-1-3-10-22/h4-6,14H,1-3,7-11,19H2. The molecule has 0 bridgehead atoms. The van der Waals surface area contributed by atoms with Gasteiger partial charge in [-0.15, -0.1) is 5.10 Å². The number of carbonyl (C=O) groups is 2. The summed E-state index contributed by atoms with van der Waals surface area (Å²) < 4.78 is 1.08. The van der Waals surface area contributed by atoms with Crippen molar-refractivity contribution in [2.24, 2.45) is 0 Å². The molecule has 1 atom stereocenters. The number of rotatable bonds is 3. The van der Waals surface area contributed by atoms with Gasteiger partial charge in [0.15, 0.2) is 0 Å². The zero-order chi connectivity index (χ0) is 19.0. The van der Waals surface area contributed by atoms with Gasteiger partial charge in [-0.2, -0.15) is 4.68 Å². The molecule has 9 heteroatoms. The molecule has 1 unspecified atom stereocenters. The van der Waals surface area contributed by atoms with Crippen molar-refractivity contribution >= 4 is 28.4 Å². The van der Waals surface area contributed by atoms with Gasteiger partial charge < -0.3 is 5.73 Å². The average Bonchev–Trinajstić information content (AvgIpc) is 2.67. The van der Waals surface area contributed by atoms with E-state index in [1.807, 2.05) is 0 Å². The van der Waals surface area contributed by atoms with Crippen LogP contribution >= 0.6 is 0 Å². The van der Waals surface area contributed by atoms with E-state index in [0.717, 1.165) is 30.6 Å². The number of anilines is 1. The molecular weight excluding hydrogens is 348 g/mol. The molecule has 2 amide bonds. The Morgan fingerprint density at radius 1 is 1.11 bits per heavy atom. The number of likely N-dealkylation sites (tertiary alicyclic amines) is 2. The van der Waals surface area contributed by atoms with E-state index < -0.39 is 17.5 Å². The molecule has 27 heavy (non-hydrogen) atoms. The Bertz CT molecular complexity index is 950. The molecule has 0 aliphatic carbocycles. The van der Waals surface area contributed by atoms with Crippen molar-refractivity contribution < 1.29 is 9.59 Å². The van der Waals surface area contributed by atoms with Crippen LogP contribution in [0.4, 0.5) is 5.69 Å². The zero-order valence-electron chi connectivity index (χ0n) is 15.0. The summed E-state index contributed by atoms with van der Waals surface area (Å²) in [7, 11) is 0. The van der Waals surface area contributed by atoms with E-state index in [0.29, 0.717) is 11.2 Å². The number of hydrogen-bond donors (Lipinski definition) is 1. The lowest BCUT2D eigenvalue weighted by Crippen LogP contribution is -2.52. The fourth-order valence-corrected chi connectivity index (χ4v) is 3.83. The van der Waals surface area contributed by atoms with E-state index in [1.165, 1.54) is 11.3 Å². The molecule has 142 valence electrons. The van der Waals surface area contributed by atoms with Crippen molar-refractivity contribution in [2.75, 3.05) is 25.5 Å². The number of nitrogens with zero attached hydrogens (tertiary/aromatic N) is 5. The summed E-state index contributed by atoms with van der Waals surface area (Å²) in [6.07, 6.45) is 3.73. The van der Waals surface area contributed by atoms with Gasteiger partial charge in [0.2, 0.25) is 5.91 Å². The fraction of sp³-hybridized carbons (Fsp3) is 0.500. The van der Waals surface area contributed by atoms with E-state index >= 15 is 0 Å². The van der Waals surface area contributed by atoms with Crippen LogP contribution < -0.4 is 11.3 Å². The second kappa shape index (κ2) is 7.07. The van der Waals surface area contributed by atoms with Crippen LogP contribution in [-0.4, -0.2) is 56.4 Å². The van der Waals surface area contributed by atoms with Crippen molar-refractivity contribution in [2.45, 2.75) is 38.1 Å². The molecule has 9 nitrogen and oxygen atoms in total. The van der Waals surface area contributed by atoms with Crippen LogP contribution in [0, 0.1) is 0 Å². The number of piperidine rings is 2. The van der Waals surface area contributed by atoms with Crippen LogP contribution in [0.3, 0.4) is 0 Å². The summed E-state index contributed by atoms with van der Waals surface area (Å²) >= 11 is 0. The summed E-state index contributed by atoms with van der Waals surface area (Å²) in [5.74, 6) is -0.606. The smallest absolute Gasteiger partial charge is 0.280 e. The number of benzene rings is 1. The fourth-order valence-electron chi connectivity index (χ4n) is 3.83. The SMILES string of the molecule is Nc1cccc2nnn(C3CCC(=O)N(CN4CCCCC4)C3=O)c(=O)c12. The molecule has 0 saturated carbocycles. The van der Waals surface area contributed by atoms with Crippen LogP contribution in [0.1, 0.15) is 38.1 Å². The molecule has 1 aromatic heterocycles. The largest absolute Gasteiger partial charge is 0.398 e. The minimum absolute atomic E-state index is 0.195. The van der Waals surface area contributed by atoms with Gasteiger partial charge in [0.25, 0.3) is 11.5 Å².